The zero-order valence-corrected chi connectivity index (χ0v) is 9.62. The van der Waals surface area contributed by atoms with Crippen molar-refractivity contribution in [2.75, 3.05) is 18.1 Å². The molecule has 0 aliphatic carbocycles. The van der Waals surface area contributed by atoms with E-state index in [1.807, 2.05) is 0 Å². The molecule has 2 N–H and O–H groups in total. The maximum Gasteiger partial charge on any atom is 0.303 e. The fourth-order valence-electron chi connectivity index (χ4n) is 1.60. The highest BCUT2D eigenvalue weighted by molar-refractivity contribution is 7.91. The van der Waals surface area contributed by atoms with Crippen molar-refractivity contribution >= 4 is 21.7 Å². The molecule has 6 nitrogen and oxygen atoms in total. The number of carboxylic acids is 1. The number of amides is 1. The van der Waals surface area contributed by atoms with E-state index < -0.39 is 21.7 Å². The highest BCUT2D eigenvalue weighted by Gasteiger charge is 2.32. The van der Waals surface area contributed by atoms with E-state index in [2.05, 4.69) is 5.32 Å². The maximum absolute atomic E-state index is 11.5. The summed E-state index contributed by atoms with van der Waals surface area (Å²) in [5, 5.41) is 10.9. The fraction of sp³-hybridized carbons (Fsp3) is 0.778. The van der Waals surface area contributed by atoms with Gasteiger partial charge < -0.3 is 10.4 Å². The van der Waals surface area contributed by atoms with Gasteiger partial charge in [0.05, 0.1) is 17.4 Å². The minimum absolute atomic E-state index is 0.00322. The van der Waals surface area contributed by atoms with Crippen molar-refractivity contribution < 1.29 is 23.1 Å². The molecule has 1 heterocycles. The van der Waals surface area contributed by atoms with E-state index in [-0.39, 0.29) is 30.4 Å². The van der Waals surface area contributed by atoms with Gasteiger partial charge in [0, 0.05) is 13.0 Å². The van der Waals surface area contributed by atoms with E-state index in [4.69, 9.17) is 5.11 Å². The Kier molecular flexibility index (Phi) is 4.28. The molecule has 1 aliphatic rings. The highest BCUT2D eigenvalue weighted by Crippen LogP contribution is 2.18. The maximum atomic E-state index is 11.5. The Hall–Kier alpha value is -1.11. The van der Waals surface area contributed by atoms with Crippen LogP contribution in [0.1, 0.15) is 19.3 Å². The molecule has 1 fully saturated rings. The van der Waals surface area contributed by atoms with Crippen molar-refractivity contribution in [2.45, 2.75) is 19.3 Å². The van der Waals surface area contributed by atoms with Crippen LogP contribution in [0, 0.1) is 5.92 Å². The van der Waals surface area contributed by atoms with E-state index in [9.17, 15) is 18.0 Å². The van der Waals surface area contributed by atoms with Crippen molar-refractivity contribution in [1.29, 1.82) is 0 Å². The van der Waals surface area contributed by atoms with Crippen LogP contribution in [0.15, 0.2) is 0 Å². The Morgan fingerprint density at radius 1 is 1.38 bits per heavy atom. The van der Waals surface area contributed by atoms with E-state index in [0.717, 1.165) is 0 Å². The van der Waals surface area contributed by atoms with Crippen LogP contribution in [0.3, 0.4) is 0 Å². The molecule has 0 aromatic carbocycles. The van der Waals surface area contributed by atoms with Crippen molar-refractivity contribution in [3.8, 4) is 0 Å². The second-order valence-corrected chi connectivity index (χ2v) is 6.12. The van der Waals surface area contributed by atoms with E-state index >= 15 is 0 Å². The van der Waals surface area contributed by atoms with E-state index in [1.54, 1.807) is 0 Å². The summed E-state index contributed by atoms with van der Waals surface area (Å²) in [6.07, 6.45) is 0.733. The third kappa shape index (κ3) is 4.18. The number of hydrogen-bond acceptors (Lipinski definition) is 4. The summed E-state index contributed by atoms with van der Waals surface area (Å²) in [6, 6.07) is 0. The SMILES string of the molecule is O=C(O)CCCNC(=O)C1CCS(=O)(=O)C1. The molecule has 0 aromatic rings. The van der Waals surface area contributed by atoms with Gasteiger partial charge in [-0.15, -0.1) is 0 Å². The van der Waals surface area contributed by atoms with Crippen molar-refractivity contribution in [3.63, 3.8) is 0 Å². The van der Waals surface area contributed by atoms with Gasteiger partial charge in [-0.25, -0.2) is 8.42 Å². The van der Waals surface area contributed by atoms with Crippen LogP contribution in [-0.4, -0.2) is 43.5 Å². The van der Waals surface area contributed by atoms with Crippen LogP contribution in [0.2, 0.25) is 0 Å². The molecule has 16 heavy (non-hydrogen) atoms. The minimum Gasteiger partial charge on any atom is -0.481 e. The average molecular weight is 249 g/mol. The molecule has 1 rings (SSSR count). The number of sulfone groups is 1. The van der Waals surface area contributed by atoms with Crippen LogP contribution >= 0.6 is 0 Å². The van der Waals surface area contributed by atoms with Gasteiger partial charge in [0.25, 0.3) is 0 Å². The first-order valence-corrected chi connectivity index (χ1v) is 6.93. The molecular formula is C9H15NO5S. The average Bonchev–Trinajstić information content (AvgIpc) is 2.53. The quantitative estimate of drug-likeness (QED) is 0.634. The van der Waals surface area contributed by atoms with Gasteiger partial charge >= 0.3 is 5.97 Å². The first kappa shape index (κ1) is 13.0. The van der Waals surface area contributed by atoms with Crippen LogP contribution in [-0.2, 0) is 19.4 Å². The molecule has 0 radical (unpaired) electrons. The van der Waals surface area contributed by atoms with E-state index in [0.29, 0.717) is 12.8 Å². The molecule has 92 valence electrons. The smallest absolute Gasteiger partial charge is 0.303 e. The van der Waals surface area contributed by atoms with Crippen LogP contribution in [0.4, 0.5) is 0 Å². The lowest BCUT2D eigenvalue weighted by Gasteiger charge is -2.08. The lowest BCUT2D eigenvalue weighted by Crippen LogP contribution is -2.32. The molecule has 0 bridgehead atoms. The molecule has 0 spiro atoms. The van der Waals surface area contributed by atoms with Gasteiger partial charge in [0.15, 0.2) is 9.84 Å². The lowest BCUT2D eigenvalue weighted by molar-refractivity contribution is -0.137. The number of rotatable bonds is 5. The van der Waals surface area contributed by atoms with Gasteiger partial charge in [0.2, 0.25) is 5.91 Å². The van der Waals surface area contributed by atoms with Gasteiger partial charge in [-0.1, -0.05) is 0 Å². The first-order valence-electron chi connectivity index (χ1n) is 5.10. The molecule has 1 unspecified atom stereocenters. The molecule has 1 aliphatic heterocycles. The van der Waals surface area contributed by atoms with Gasteiger partial charge in [-0.2, -0.15) is 0 Å². The number of aliphatic carboxylic acids is 1. The van der Waals surface area contributed by atoms with Crippen LogP contribution in [0.5, 0.6) is 0 Å². The zero-order valence-electron chi connectivity index (χ0n) is 8.81. The van der Waals surface area contributed by atoms with E-state index in [1.165, 1.54) is 0 Å². The van der Waals surface area contributed by atoms with Crippen molar-refractivity contribution in [2.24, 2.45) is 5.92 Å². The molecule has 7 heteroatoms. The number of carbonyl (C=O) groups is 2. The van der Waals surface area contributed by atoms with Gasteiger partial charge in [0.1, 0.15) is 0 Å². The van der Waals surface area contributed by atoms with Gasteiger partial charge in [-0.3, -0.25) is 9.59 Å². The number of nitrogens with one attached hydrogen (secondary N) is 1. The largest absolute Gasteiger partial charge is 0.481 e. The summed E-state index contributed by atoms with van der Waals surface area (Å²) in [4.78, 5) is 21.6. The Morgan fingerprint density at radius 3 is 2.56 bits per heavy atom. The Balaban J connectivity index is 2.24. The third-order valence-electron chi connectivity index (χ3n) is 2.47. The molecule has 0 saturated carbocycles. The predicted octanol–water partition coefficient (Wildman–Crippen LogP) is -0.598. The molecular weight excluding hydrogens is 234 g/mol. The molecule has 1 atom stereocenters. The standard InChI is InChI=1S/C9H15NO5S/c11-8(12)2-1-4-10-9(13)7-3-5-16(14,15)6-7/h7H,1-6H2,(H,10,13)(H,11,12). The number of carboxylic acid groups (broad SMARTS) is 1. The summed E-state index contributed by atoms with van der Waals surface area (Å²) in [5.41, 5.74) is 0. The normalized spacial score (nSPS) is 22.9. The van der Waals surface area contributed by atoms with Gasteiger partial charge in [-0.05, 0) is 12.8 Å². The van der Waals surface area contributed by atoms with Crippen LogP contribution < -0.4 is 5.32 Å². The van der Waals surface area contributed by atoms with Crippen molar-refractivity contribution in [3.05, 3.63) is 0 Å². The number of carbonyl (C=O) groups excluding carboxylic acids is 1. The monoisotopic (exact) mass is 249 g/mol. The first-order chi connectivity index (χ1) is 7.41. The zero-order chi connectivity index (χ0) is 12.2. The minimum atomic E-state index is -3.04. The molecule has 0 aromatic heterocycles. The summed E-state index contributed by atoms with van der Waals surface area (Å²) >= 11 is 0. The van der Waals surface area contributed by atoms with Crippen molar-refractivity contribution in [1.82, 2.24) is 5.32 Å². The Bertz CT molecular complexity index is 375. The molecule has 1 saturated heterocycles. The topological polar surface area (TPSA) is 101 Å². The lowest BCUT2D eigenvalue weighted by atomic mass is 10.1. The Labute approximate surface area is 93.9 Å². The van der Waals surface area contributed by atoms with Crippen LogP contribution in [0.25, 0.3) is 0 Å². The fourth-order valence-corrected chi connectivity index (χ4v) is 3.34. The second kappa shape index (κ2) is 5.29. The summed E-state index contributed by atoms with van der Waals surface area (Å²) in [5.74, 6) is -1.67. The number of hydrogen-bond donors (Lipinski definition) is 2. The highest BCUT2D eigenvalue weighted by atomic mass is 32.2. The summed E-state index contributed by atoms with van der Waals surface area (Å²) in [6.45, 7) is 0.279. The summed E-state index contributed by atoms with van der Waals surface area (Å²) < 4.78 is 22.2. The predicted molar refractivity (Wildman–Crippen MR) is 56.6 cm³/mol. The second-order valence-electron chi connectivity index (χ2n) is 3.89. The third-order valence-corrected chi connectivity index (χ3v) is 4.24. The Morgan fingerprint density at radius 2 is 2.06 bits per heavy atom. The summed E-state index contributed by atoms with van der Waals surface area (Å²) in [7, 11) is -3.04. The molecule has 1 amide bonds.